The number of aromatic hydroxyl groups is 1. The normalized spacial score (nSPS) is 13.1. The molecular formula is C24H28ClNO4. The van der Waals surface area contributed by atoms with E-state index in [4.69, 9.17) is 4.42 Å². The SMILES string of the molecule is CCN(CC)CC(C(C)=O)C(c1ccccc1)c1c(O)c2ccccc2oc1=O.Cl. The van der Waals surface area contributed by atoms with E-state index in [0.29, 0.717) is 17.5 Å². The van der Waals surface area contributed by atoms with Gasteiger partial charge in [-0.25, -0.2) is 4.79 Å². The summed E-state index contributed by atoms with van der Waals surface area (Å²) in [5.74, 6) is -1.24. The number of rotatable bonds is 8. The summed E-state index contributed by atoms with van der Waals surface area (Å²) in [6, 6.07) is 16.3. The molecule has 0 amide bonds. The van der Waals surface area contributed by atoms with Gasteiger partial charge in [-0.05, 0) is 37.7 Å². The van der Waals surface area contributed by atoms with Gasteiger partial charge in [-0.15, -0.1) is 12.4 Å². The van der Waals surface area contributed by atoms with Crippen molar-refractivity contribution >= 4 is 29.2 Å². The van der Waals surface area contributed by atoms with Crippen LogP contribution in [0.2, 0.25) is 0 Å². The Balaban J connectivity index is 0.00000320. The topological polar surface area (TPSA) is 70.8 Å². The third-order valence-electron chi connectivity index (χ3n) is 5.56. The first-order valence-electron chi connectivity index (χ1n) is 10.00. The van der Waals surface area contributed by atoms with E-state index in [9.17, 15) is 14.7 Å². The van der Waals surface area contributed by atoms with Crippen LogP contribution in [-0.4, -0.2) is 35.4 Å². The molecule has 0 aliphatic heterocycles. The van der Waals surface area contributed by atoms with E-state index in [1.54, 1.807) is 31.2 Å². The molecule has 2 unspecified atom stereocenters. The number of carbonyl (C=O) groups excluding carboxylic acids is 1. The molecule has 0 saturated heterocycles. The second-order valence-corrected chi connectivity index (χ2v) is 7.24. The molecule has 1 aromatic heterocycles. The summed E-state index contributed by atoms with van der Waals surface area (Å²) in [4.78, 5) is 27.9. The highest BCUT2D eigenvalue weighted by atomic mass is 35.5. The monoisotopic (exact) mass is 429 g/mol. The highest BCUT2D eigenvalue weighted by Crippen LogP contribution is 2.39. The lowest BCUT2D eigenvalue weighted by Gasteiger charge is -2.30. The van der Waals surface area contributed by atoms with Crippen molar-refractivity contribution in [3.05, 3.63) is 76.1 Å². The first-order chi connectivity index (χ1) is 14.0. The zero-order chi connectivity index (χ0) is 21.0. The molecule has 5 nitrogen and oxygen atoms in total. The lowest BCUT2D eigenvalue weighted by atomic mass is 9.78. The number of halogens is 1. The van der Waals surface area contributed by atoms with Crippen LogP contribution in [0.25, 0.3) is 11.0 Å². The fourth-order valence-electron chi connectivity index (χ4n) is 3.91. The number of ketones is 1. The third kappa shape index (κ3) is 4.74. The number of para-hydroxylation sites is 1. The van der Waals surface area contributed by atoms with Crippen molar-refractivity contribution in [2.24, 2.45) is 5.92 Å². The molecule has 6 heteroatoms. The highest BCUT2D eigenvalue weighted by molar-refractivity contribution is 5.86. The molecule has 0 bridgehead atoms. The first-order valence-corrected chi connectivity index (χ1v) is 10.00. The molecule has 0 fully saturated rings. The van der Waals surface area contributed by atoms with Crippen LogP contribution in [-0.2, 0) is 4.79 Å². The molecule has 1 heterocycles. The van der Waals surface area contributed by atoms with Crippen molar-refractivity contribution < 1.29 is 14.3 Å². The van der Waals surface area contributed by atoms with E-state index >= 15 is 0 Å². The van der Waals surface area contributed by atoms with Crippen molar-refractivity contribution in [2.75, 3.05) is 19.6 Å². The molecule has 0 aliphatic carbocycles. The Bertz CT molecular complexity index is 1040. The summed E-state index contributed by atoms with van der Waals surface area (Å²) >= 11 is 0. The molecular weight excluding hydrogens is 402 g/mol. The maximum absolute atomic E-state index is 13.0. The zero-order valence-electron chi connectivity index (χ0n) is 17.5. The smallest absolute Gasteiger partial charge is 0.343 e. The minimum atomic E-state index is -0.610. The summed E-state index contributed by atoms with van der Waals surface area (Å²) in [6.45, 7) is 7.71. The molecule has 2 aromatic carbocycles. The van der Waals surface area contributed by atoms with E-state index < -0.39 is 17.5 Å². The van der Waals surface area contributed by atoms with Crippen LogP contribution in [0.3, 0.4) is 0 Å². The Morgan fingerprint density at radius 1 is 1.03 bits per heavy atom. The Kier molecular flexibility index (Phi) is 8.21. The summed E-state index contributed by atoms with van der Waals surface area (Å²) < 4.78 is 5.52. The molecule has 30 heavy (non-hydrogen) atoms. The van der Waals surface area contributed by atoms with E-state index in [1.165, 1.54) is 0 Å². The number of fused-ring (bicyclic) bond motifs is 1. The lowest BCUT2D eigenvalue weighted by Crippen LogP contribution is -2.37. The average Bonchev–Trinajstić information content (AvgIpc) is 2.73. The number of benzene rings is 2. The van der Waals surface area contributed by atoms with E-state index in [2.05, 4.69) is 4.90 Å². The second kappa shape index (κ2) is 10.4. The molecule has 3 aromatic rings. The number of hydrogen-bond donors (Lipinski definition) is 1. The summed E-state index contributed by atoms with van der Waals surface area (Å²) in [7, 11) is 0. The molecule has 1 N–H and O–H groups in total. The molecule has 0 aliphatic rings. The average molecular weight is 430 g/mol. The van der Waals surface area contributed by atoms with Crippen molar-refractivity contribution in [1.29, 1.82) is 0 Å². The van der Waals surface area contributed by atoms with Gasteiger partial charge in [-0.2, -0.15) is 0 Å². The number of Topliss-reactive ketones (excluding diaryl/α,β-unsaturated/α-hetero) is 1. The molecule has 2 atom stereocenters. The maximum atomic E-state index is 13.0. The Morgan fingerprint density at radius 2 is 1.63 bits per heavy atom. The largest absolute Gasteiger partial charge is 0.507 e. The van der Waals surface area contributed by atoms with Gasteiger partial charge in [0.05, 0.1) is 10.9 Å². The highest BCUT2D eigenvalue weighted by Gasteiger charge is 2.35. The van der Waals surface area contributed by atoms with Gasteiger partial charge in [0.1, 0.15) is 17.1 Å². The first kappa shape index (κ1) is 23.6. The molecule has 0 spiro atoms. The minimum absolute atomic E-state index is 0. The van der Waals surface area contributed by atoms with Gasteiger partial charge in [0.15, 0.2) is 0 Å². The Labute approximate surface area is 182 Å². The van der Waals surface area contributed by atoms with Gasteiger partial charge >= 0.3 is 5.63 Å². The van der Waals surface area contributed by atoms with Gasteiger partial charge in [-0.3, -0.25) is 4.79 Å². The van der Waals surface area contributed by atoms with Crippen LogP contribution in [0.5, 0.6) is 5.75 Å². The van der Waals surface area contributed by atoms with Gasteiger partial charge in [-0.1, -0.05) is 56.3 Å². The van der Waals surface area contributed by atoms with Crippen LogP contribution in [0.4, 0.5) is 0 Å². The van der Waals surface area contributed by atoms with E-state index in [1.807, 2.05) is 44.2 Å². The van der Waals surface area contributed by atoms with Gasteiger partial charge in [0.2, 0.25) is 0 Å². The fraction of sp³-hybridized carbons (Fsp3) is 0.333. The number of nitrogens with zero attached hydrogens (tertiary/aromatic N) is 1. The molecule has 3 rings (SSSR count). The minimum Gasteiger partial charge on any atom is -0.507 e. The van der Waals surface area contributed by atoms with Gasteiger partial charge in [0.25, 0.3) is 0 Å². The third-order valence-corrected chi connectivity index (χ3v) is 5.56. The van der Waals surface area contributed by atoms with E-state index in [0.717, 1.165) is 18.7 Å². The molecule has 0 radical (unpaired) electrons. The lowest BCUT2D eigenvalue weighted by molar-refractivity contribution is -0.121. The predicted molar refractivity (Wildman–Crippen MR) is 122 cm³/mol. The quantitative estimate of drug-likeness (QED) is 0.530. The molecule has 0 saturated carbocycles. The number of hydrogen-bond acceptors (Lipinski definition) is 5. The van der Waals surface area contributed by atoms with Crippen LogP contribution in [0.1, 0.15) is 37.8 Å². The van der Waals surface area contributed by atoms with Crippen molar-refractivity contribution in [2.45, 2.75) is 26.7 Å². The van der Waals surface area contributed by atoms with Gasteiger partial charge < -0.3 is 14.4 Å². The van der Waals surface area contributed by atoms with E-state index in [-0.39, 0.29) is 29.5 Å². The summed E-state index contributed by atoms with van der Waals surface area (Å²) in [5, 5.41) is 11.5. The standard InChI is InChI=1S/C24H27NO4.ClH/c1-4-25(5-2)15-19(16(3)26)21(17-11-7-6-8-12-17)22-23(27)18-13-9-10-14-20(18)29-24(22)28;/h6-14,19,21,27H,4-5,15H2,1-3H3;1H. The van der Waals surface area contributed by atoms with Crippen LogP contribution in [0.15, 0.2) is 63.8 Å². The molecule has 160 valence electrons. The summed E-state index contributed by atoms with van der Waals surface area (Å²) in [5.41, 5.74) is 0.662. The van der Waals surface area contributed by atoms with Crippen molar-refractivity contribution in [3.8, 4) is 5.75 Å². The number of carbonyl (C=O) groups is 1. The predicted octanol–water partition coefficient (Wildman–Crippen LogP) is 4.60. The summed E-state index contributed by atoms with van der Waals surface area (Å²) in [6.07, 6.45) is 0. The van der Waals surface area contributed by atoms with Crippen LogP contribution >= 0.6 is 12.4 Å². The Morgan fingerprint density at radius 3 is 2.23 bits per heavy atom. The fourth-order valence-corrected chi connectivity index (χ4v) is 3.91. The second-order valence-electron chi connectivity index (χ2n) is 7.24. The van der Waals surface area contributed by atoms with Crippen LogP contribution < -0.4 is 5.63 Å². The maximum Gasteiger partial charge on any atom is 0.343 e. The van der Waals surface area contributed by atoms with Gasteiger partial charge in [0, 0.05) is 18.4 Å². The zero-order valence-corrected chi connectivity index (χ0v) is 18.3. The van der Waals surface area contributed by atoms with Crippen molar-refractivity contribution in [3.63, 3.8) is 0 Å². The van der Waals surface area contributed by atoms with Crippen molar-refractivity contribution in [1.82, 2.24) is 4.90 Å². The van der Waals surface area contributed by atoms with Crippen LogP contribution in [0, 0.1) is 5.92 Å². The Hall–Kier alpha value is -2.63.